The predicted molar refractivity (Wildman–Crippen MR) is 54.4 cm³/mol. The molecule has 0 radical (unpaired) electrons. The Labute approximate surface area is 79.7 Å². The summed E-state index contributed by atoms with van der Waals surface area (Å²) in [6.45, 7) is 6.50. The second-order valence-electron chi connectivity index (χ2n) is 4.22. The normalized spacial score (nSPS) is 11.2. The Kier molecular flexibility index (Phi) is 2.77. The minimum atomic E-state index is 0.125. The van der Waals surface area contributed by atoms with Crippen molar-refractivity contribution in [2.24, 2.45) is 0 Å². The SMILES string of the molecule is C#CCCc1cn[nH]c1C(C)(C)C. The second kappa shape index (κ2) is 3.66. The largest absolute Gasteiger partial charge is 0.282 e. The van der Waals surface area contributed by atoms with Crippen LogP contribution in [0.25, 0.3) is 0 Å². The van der Waals surface area contributed by atoms with Gasteiger partial charge in [-0.25, -0.2) is 0 Å². The summed E-state index contributed by atoms with van der Waals surface area (Å²) in [6, 6.07) is 0. The number of H-pyrrole nitrogens is 1. The summed E-state index contributed by atoms with van der Waals surface area (Å²) in [5.41, 5.74) is 2.56. The van der Waals surface area contributed by atoms with Crippen molar-refractivity contribution in [2.45, 2.75) is 39.0 Å². The van der Waals surface area contributed by atoms with Gasteiger partial charge < -0.3 is 0 Å². The van der Waals surface area contributed by atoms with Gasteiger partial charge >= 0.3 is 0 Å². The Balaban J connectivity index is 2.85. The van der Waals surface area contributed by atoms with Crippen LogP contribution in [0.1, 0.15) is 38.4 Å². The number of hydrogen-bond acceptors (Lipinski definition) is 1. The Morgan fingerprint density at radius 1 is 1.54 bits per heavy atom. The zero-order valence-corrected chi connectivity index (χ0v) is 8.52. The van der Waals surface area contributed by atoms with Gasteiger partial charge in [0.2, 0.25) is 0 Å². The highest BCUT2D eigenvalue weighted by atomic mass is 15.1. The van der Waals surface area contributed by atoms with Crippen LogP contribution in [-0.4, -0.2) is 10.2 Å². The van der Waals surface area contributed by atoms with Crippen LogP contribution in [0.15, 0.2) is 6.20 Å². The quantitative estimate of drug-likeness (QED) is 0.688. The molecule has 0 aliphatic heterocycles. The molecule has 0 spiro atoms. The number of nitrogens with one attached hydrogen (secondary N) is 1. The number of rotatable bonds is 2. The van der Waals surface area contributed by atoms with Crippen molar-refractivity contribution in [1.82, 2.24) is 10.2 Å². The molecule has 0 saturated heterocycles. The van der Waals surface area contributed by atoms with E-state index >= 15 is 0 Å². The number of aryl methyl sites for hydroxylation is 1. The van der Waals surface area contributed by atoms with Crippen molar-refractivity contribution in [3.8, 4) is 12.3 Å². The molecule has 1 rings (SSSR count). The van der Waals surface area contributed by atoms with E-state index in [1.54, 1.807) is 0 Å². The van der Waals surface area contributed by atoms with Crippen molar-refractivity contribution in [3.05, 3.63) is 17.5 Å². The lowest BCUT2D eigenvalue weighted by atomic mass is 9.88. The molecule has 0 aliphatic rings. The van der Waals surface area contributed by atoms with E-state index in [0.717, 1.165) is 12.8 Å². The van der Waals surface area contributed by atoms with E-state index in [0.29, 0.717) is 0 Å². The second-order valence-corrected chi connectivity index (χ2v) is 4.22. The first-order valence-corrected chi connectivity index (χ1v) is 4.52. The van der Waals surface area contributed by atoms with Gasteiger partial charge in [-0.1, -0.05) is 20.8 Å². The van der Waals surface area contributed by atoms with Gasteiger partial charge in [0.05, 0.1) is 6.20 Å². The maximum atomic E-state index is 5.22. The highest BCUT2D eigenvalue weighted by molar-refractivity contribution is 5.24. The fourth-order valence-electron chi connectivity index (χ4n) is 1.36. The molecular formula is C11H16N2. The Morgan fingerprint density at radius 3 is 2.77 bits per heavy atom. The van der Waals surface area contributed by atoms with Crippen LogP contribution in [-0.2, 0) is 11.8 Å². The van der Waals surface area contributed by atoms with E-state index in [9.17, 15) is 0 Å². The number of terminal acetylenes is 1. The van der Waals surface area contributed by atoms with Crippen LogP contribution in [0.3, 0.4) is 0 Å². The van der Waals surface area contributed by atoms with Gasteiger partial charge in [0, 0.05) is 17.5 Å². The van der Waals surface area contributed by atoms with Gasteiger partial charge in [0.1, 0.15) is 0 Å². The van der Waals surface area contributed by atoms with E-state index in [1.165, 1.54) is 11.3 Å². The number of aromatic nitrogens is 2. The lowest BCUT2D eigenvalue weighted by Gasteiger charge is -2.17. The summed E-state index contributed by atoms with van der Waals surface area (Å²) in [4.78, 5) is 0. The average Bonchev–Trinajstić information content (AvgIpc) is 2.47. The zero-order valence-electron chi connectivity index (χ0n) is 8.52. The van der Waals surface area contributed by atoms with Crippen LogP contribution in [0.4, 0.5) is 0 Å². The van der Waals surface area contributed by atoms with Crippen molar-refractivity contribution < 1.29 is 0 Å². The first-order valence-electron chi connectivity index (χ1n) is 4.52. The maximum Gasteiger partial charge on any atom is 0.0522 e. The Morgan fingerprint density at radius 2 is 2.23 bits per heavy atom. The van der Waals surface area contributed by atoms with Crippen LogP contribution < -0.4 is 0 Å². The fourth-order valence-corrected chi connectivity index (χ4v) is 1.36. The monoisotopic (exact) mass is 176 g/mol. The number of hydrogen-bond donors (Lipinski definition) is 1. The standard InChI is InChI=1S/C11H16N2/c1-5-6-7-9-8-12-13-10(9)11(2,3)4/h1,8H,6-7H2,2-4H3,(H,12,13). The average molecular weight is 176 g/mol. The molecule has 0 saturated carbocycles. The molecule has 1 aromatic heterocycles. The number of nitrogens with zero attached hydrogens (tertiary/aromatic N) is 1. The minimum Gasteiger partial charge on any atom is -0.282 e. The molecule has 0 bridgehead atoms. The van der Waals surface area contributed by atoms with Crippen LogP contribution >= 0.6 is 0 Å². The minimum absolute atomic E-state index is 0.125. The van der Waals surface area contributed by atoms with Crippen LogP contribution in [0.2, 0.25) is 0 Å². The van der Waals surface area contributed by atoms with Crippen LogP contribution in [0, 0.1) is 12.3 Å². The van der Waals surface area contributed by atoms with Gasteiger partial charge in [-0.2, -0.15) is 5.10 Å². The summed E-state index contributed by atoms with van der Waals surface area (Å²) in [5.74, 6) is 2.64. The fraction of sp³-hybridized carbons (Fsp3) is 0.545. The van der Waals surface area contributed by atoms with Crippen molar-refractivity contribution in [1.29, 1.82) is 0 Å². The van der Waals surface area contributed by atoms with E-state index < -0.39 is 0 Å². The van der Waals surface area contributed by atoms with E-state index in [-0.39, 0.29) is 5.41 Å². The van der Waals surface area contributed by atoms with Crippen LogP contribution in [0.5, 0.6) is 0 Å². The predicted octanol–water partition coefficient (Wildman–Crippen LogP) is 2.27. The molecule has 2 nitrogen and oxygen atoms in total. The molecule has 70 valence electrons. The van der Waals surface area contributed by atoms with Crippen molar-refractivity contribution in [3.63, 3.8) is 0 Å². The molecule has 1 aromatic rings. The molecule has 1 N–H and O–H groups in total. The summed E-state index contributed by atoms with van der Waals surface area (Å²) >= 11 is 0. The van der Waals surface area contributed by atoms with Gasteiger partial charge in [-0.15, -0.1) is 12.3 Å². The molecule has 0 amide bonds. The molecule has 0 aromatic carbocycles. The van der Waals surface area contributed by atoms with E-state index in [2.05, 4.69) is 36.9 Å². The molecule has 0 fully saturated rings. The first-order chi connectivity index (χ1) is 6.05. The van der Waals surface area contributed by atoms with Gasteiger partial charge in [-0.05, 0) is 12.0 Å². The molecule has 2 heteroatoms. The van der Waals surface area contributed by atoms with Crippen molar-refractivity contribution >= 4 is 0 Å². The maximum absolute atomic E-state index is 5.22. The lowest BCUT2D eigenvalue weighted by molar-refractivity contribution is 0.560. The third kappa shape index (κ3) is 2.35. The van der Waals surface area contributed by atoms with Gasteiger partial charge in [0.25, 0.3) is 0 Å². The Bertz CT molecular complexity index is 310. The first kappa shape index (κ1) is 9.85. The third-order valence-corrected chi connectivity index (χ3v) is 2.01. The van der Waals surface area contributed by atoms with Gasteiger partial charge in [-0.3, -0.25) is 5.10 Å². The van der Waals surface area contributed by atoms with Crippen molar-refractivity contribution in [2.75, 3.05) is 0 Å². The highest BCUT2D eigenvalue weighted by Gasteiger charge is 2.19. The summed E-state index contributed by atoms with van der Waals surface area (Å²) < 4.78 is 0. The summed E-state index contributed by atoms with van der Waals surface area (Å²) in [6.07, 6.45) is 8.79. The highest BCUT2D eigenvalue weighted by Crippen LogP contribution is 2.23. The molecule has 1 heterocycles. The van der Waals surface area contributed by atoms with Gasteiger partial charge in [0.15, 0.2) is 0 Å². The Hall–Kier alpha value is -1.23. The topological polar surface area (TPSA) is 28.7 Å². The zero-order chi connectivity index (χ0) is 9.90. The molecule has 0 unspecified atom stereocenters. The third-order valence-electron chi connectivity index (χ3n) is 2.01. The molecule has 13 heavy (non-hydrogen) atoms. The molecule has 0 aliphatic carbocycles. The summed E-state index contributed by atoms with van der Waals surface area (Å²) in [5, 5.41) is 7.08. The van der Waals surface area contributed by atoms with E-state index in [1.807, 2.05) is 6.20 Å². The molecular weight excluding hydrogens is 160 g/mol. The lowest BCUT2D eigenvalue weighted by Crippen LogP contribution is -2.14. The number of aromatic amines is 1. The molecule has 0 atom stereocenters. The summed E-state index contributed by atoms with van der Waals surface area (Å²) in [7, 11) is 0. The van der Waals surface area contributed by atoms with E-state index in [4.69, 9.17) is 6.42 Å². The smallest absolute Gasteiger partial charge is 0.0522 e.